The lowest BCUT2D eigenvalue weighted by atomic mass is 10.1. The number of nitrogens with zero attached hydrogens (tertiary/aromatic N) is 8. The fourth-order valence-corrected chi connectivity index (χ4v) is 11.6. The number of aromatic nitrogens is 4. The summed E-state index contributed by atoms with van der Waals surface area (Å²) in [5.74, 6) is -6.91. The van der Waals surface area contributed by atoms with E-state index in [1.54, 1.807) is 116 Å². The lowest BCUT2D eigenvalue weighted by Gasteiger charge is -2.22. The van der Waals surface area contributed by atoms with Gasteiger partial charge in [0.05, 0.1) is 71.9 Å². The summed E-state index contributed by atoms with van der Waals surface area (Å²) < 4.78 is 123. The number of carbonyl (C=O) groups is 4. The molecule has 0 bridgehead atoms. The van der Waals surface area contributed by atoms with Gasteiger partial charge in [-0.1, -0.05) is 143 Å². The van der Waals surface area contributed by atoms with E-state index in [4.69, 9.17) is 67.0 Å². The zero-order chi connectivity index (χ0) is 85.6. The van der Waals surface area contributed by atoms with Gasteiger partial charge >= 0.3 is 0 Å². The first-order valence-corrected chi connectivity index (χ1v) is 31.3. The van der Waals surface area contributed by atoms with Crippen molar-refractivity contribution in [2.45, 2.75) is 27.7 Å². The van der Waals surface area contributed by atoms with Gasteiger partial charge in [0.25, 0.3) is 45.9 Å². The van der Waals surface area contributed by atoms with Crippen LogP contribution >= 0.6 is 46.4 Å². The Morgan fingerprint density at radius 3 is 0.920 bits per heavy atom. The van der Waals surface area contributed by atoms with Crippen LogP contribution in [-0.2, 0) is 28.1 Å². The second-order valence-corrected chi connectivity index (χ2v) is 22.8. The first kappa shape index (κ1) is 54.8. The molecule has 0 spiro atoms. The second kappa shape index (κ2) is 31.6. The van der Waals surface area contributed by atoms with Crippen LogP contribution in [-0.4, -0.2) is 88.4 Å². The minimum absolute atomic E-state index is 0.0668. The highest BCUT2D eigenvalue weighted by molar-refractivity contribution is 6.38. The van der Waals surface area contributed by atoms with Gasteiger partial charge in [-0.05, 0) is 125 Å². The van der Waals surface area contributed by atoms with E-state index in [2.05, 4.69) is 0 Å². The van der Waals surface area contributed by atoms with Crippen LogP contribution in [0.3, 0.4) is 0 Å². The highest BCUT2D eigenvalue weighted by Crippen LogP contribution is 2.38. The standard InChI is InChI=1S/4C19H17ClN2O3/c4*1-3-22(12-8-5-4-6-9-12)19(25)16-17(23)15-13(20)10-7-11-14(15)21(2)18(16)24/h4*4-11,23H,3H2,1-2H3/i3D2,7D,10D,11D;7D,10D,11D;2D3,3D2;3D2. The van der Waals surface area contributed by atoms with Crippen molar-refractivity contribution in [1.29, 1.82) is 0 Å². The molecule has 12 rings (SSSR count). The molecule has 4 N–H and O–H groups in total. The van der Waals surface area contributed by atoms with E-state index >= 15 is 0 Å². The fourth-order valence-electron chi connectivity index (χ4n) is 10.7. The van der Waals surface area contributed by atoms with Gasteiger partial charge in [0.1, 0.15) is 45.3 Å². The topological polar surface area (TPSA) is 250 Å². The van der Waals surface area contributed by atoms with E-state index in [0.29, 0.717) is 20.7 Å². The third-order valence-electron chi connectivity index (χ3n) is 15.6. The summed E-state index contributed by atoms with van der Waals surface area (Å²) in [7, 11) is 4.04. The average Bonchev–Trinajstić information content (AvgIpc) is 0.730. The molecule has 0 saturated heterocycles. The molecule has 20 nitrogen and oxygen atoms in total. The molecule has 24 heteroatoms. The first-order chi connectivity index (χ1) is 53.6. The molecular weight excluding hydrogens is 1360 g/mol. The number of halogens is 4. The molecule has 4 aromatic heterocycles. The lowest BCUT2D eigenvalue weighted by molar-refractivity contribution is 0.0975. The normalized spacial score (nSPS) is 13.6. The number of para-hydroxylation sites is 4. The van der Waals surface area contributed by atoms with Crippen molar-refractivity contribution in [2.75, 3.05) is 45.6 Å². The first-order valence-electron chi connectivity index (χ1n) is 37.3. The number of hydrogen-bond acceptors (Lipinski definition) is 12. The van der Waals surface area contributed by atoms with Crippen molar-refractivity contribution in [3.63, 3.8) is 0 Å². The van der Waals surface area contributed by atoms with Gasteiger partial charge in [0.15, 0.2) is 0 Å². The molecule has 0 atom stereocenters. The largest absolute Gasteiger partial charge is 0.506 e. The number of hydrogen-bond donors (Lipinski definition) is 4. The predicted octanol–water partition coefficient (Wildman–Crippen LogP) is 14.3. The molecule has 12 aromatic rings. The van der Waals surface area contributed by atoms with Crippen LogP contribution in [0.1, 0.15) is 89.7 Å². The Morgan fingerprint density at radius 2 is 0.630 bits per heavy atom. The Hall–Kier alpha value is -11.2. The van der Waals surface area contributed by atoms with Crippen molar-refractivity contribution in [2.24, 2.45) is 28.1 Å². The fraction of sp³-hybridized carbons (Fsp3) is 0.158. The Bertz CT molecular complexity index is 6170. The predicted molar refractivity (Wildman–Crippen MR) is 399 cm³/mol. The SMILES string of the molecule is [2H]C([2H])(C)N(C(=O)c1c(O)c2c(Cl)cccc2n(C([2H])([2H])[2H])c1=O)c1ccccc1.[2H]C([2H])(C)N(C(=O)c1c(O)c2c(Cl)cccc2n(C)c1=O)c1ccccc1.[2H]c1c([2H])c([2H])c2c(c(O)c(C(=O)N(CC)c3ccccc3)c(=O)n2C)c1Cl.[2H]c1c([2H])c([2H])c2c(c(O)c(C(=O)N(c3ccccc3)C([2H])([2H])C)c(=O)n2C)c1Cl. The molecule has 0 fully saturated rings. The monoisotopic (exact) mass is 1440 g/mol. The second-order valence-electron chi connectivity index (χ2n) is 21.2. The van der Waals surface area contributed by atoms with Gasteiger partial charge in [-0.2, -0.15) is 0 Å². The quantitative estimate of drug-likeness (QED) is 0.0891. The number of fused-ring (bicyclic) bond motifs is 4. The molecule has 0 saturated carbocycles. The number of aryl methyl sites for hydroxylation is 4. The van der Waals surface area contributed by atoms with Crippen LogP contribution in [0.25, 0.3) is 43.6 Å². The average molecular weight is 1440 g/mol. The highest BCUT2D eigenvalue weighted by atomic mass is 35.5. The van der Waals surface area contributed by atoms with E-state index in [1.807, 2.05) is 0 Å². The van der Waals surface area contributed by atoms with Gasteiger partial charge in [0, 0.05) is 89.2 Å². The van der Waals surface area contributed by atoms with Crippen molar-refractivity contribution >= 4 is 136 Å². The number of anilines is 4. The summed E-state index contributed by atoms with van der Waals surface area (Å²) in [6.45, 7) is -4.20. The van der Waals surface area contributed by atoms with Gasteiger partial charge < -0.3 is 58.3 Å². The summed E-state index contributed by atoms with van der Waals surface area (Å²) in [6.07, 6.45) is 0. The number of pyridine rings is 4. The third-order valence-corrected chi connectivity index (χ3v) is 16.7. The maximum atomic E-state index is 13.4. The summed E-state index contributed by atoms with van der Waals surface area (Å²) in [6, 6.07) is 38.2. The molecule has 0 radical (unpaired) electrons. The van der Waals surface area contributed by atoms with Crippen LogP contribution in [0.4, 0.5) is 22.7 Å². The van der Waals surface area contributed by atoms with Crippen molar-refractivity contribution < 1.29 is 60.2 Å². The van der Waals surface area contributed by atoms with Crippen molar-refractivity contribution in [3.8, 4) is 23.0 Å². The summed E-state index contributed by atoms with van der Waals surface area (Å²) >= 11 is 24.6. The van der Waals surface area contributed by atoms with Crippen LogP contribution in [0.15, 0.2) is 213 Å². The molecule has 100 heavy (non-hydrogen) atoms. The Morgan fingerprint density at radius 1 is 0.370 bits per heavy atom. The van der Waals surface area contributed by atoms with E-state index in [0.717, 1.165) is 32.8 Å². The number of amides is 4. The van der Waals surface area contributed by atoms with E-state index in [9.17, 15) is 58.8 Å². The van der Waals surface area contributed by atoms with Gasteiger partial charge in [0.2, 0.25) is 0 Å². The molecule has 4 heterocycles. The van der Waals surface area contributed by atoms with Crippen molar-refractivity contribution in [1.82, 2.24) is 18.3 Å². The number of benzene rings is 8. The van der Waals surface area contributed by atoms with Crippen LogP contribution < -0.4 is 41.8 Å². The number of aromatic hydroxyl groups is 4. The third kappa shape index (κ3) is 14.1. The van der Waals surface area contributed by atoms with E-state index in [-0.39, 0.29) is 81.8 Å². The molecule has 512 valence electrons. The molecule has 0 aliphatic rings. The number of carbonyl (C=O) groups excluding carboxylic acids is 4. The smallest absolute Gasteiger partial charge is 0.267 e. The molecule has 0 aliphatic heterocycles. The van der Waals surface area contributed by atoms with Crippen LogP contribution in [0, 0.1) is 0 Å². The van der Waals surface area contributed by atoms with E-state index < -0.39 is 154 Å². The van der Waals surface area contributed by atoms with Gasteiger partial charge in [-0.25, -0.2) is 0 Å². The summed E-state index contributed by atoms with van der Waals surface area (Å²) in [4.78, 5) is 108. The number of rotatable bonds is 12. The zero-order valence-electron chi connectivity index (χ0n) is 68.9. The Balaban J connectivity index is 0.000000176. The minimum Gasteiger partial charge on any atom is -0.506 e. The van der Waals surface area contributed by atoms with Crippen molar-refractivity contribution in [3.05, 3.63) is 278 Å². The molecular formula is C76H68Cl4N8O12. The molecule has 4 amide bonds. The zero-order valence-corrected chi connectivity index (χ0v) is 56.9. The lowest BCUT2D eigenvalue weighted by Crippen LogP contribution is -2.36. The maximum Gasteiger partial charge on any atom is 0.267 e. The highest BCUT2D eigenvalue weighted by Gasteiger charge is 2.31. The minimum atomic E-state index is -2.98. The summed E-state index contributed by atoms with van der Waals surface area (Å²) in [5.41, 5.74) is -5.52. The maximum absolute atomic E-state index is 13.4. The molecule has 0 aliphatic carbocycles. The Kier molecular flexibility index (Phi) is 17.3. The Labute approximate surface area is 614 Å². The van der Waals surface area contributed by atoms with E-state index in [1.165, 1.54) is 86.1 Å². The molecule has 0 unspecified atom stereocenters. The molecule has 8 aromatic carbocycles. The summed E-state index contributed by atoms with van der Waals surface area (Å²) in [5, 5.41) is 42.0. The van der Waals surface area contributed by atoms with Crippen LogP contribution in [0.5, 0.6) is 23.0 Å². The van der Waals surface area contributed by atoms with Gasteiger partial charge in [-0.15, -0.1) is 0 Å². The van der Waals surface area contributed by atoms with Gasteiger partial charge in [-0.3, -0.25) is 38.4 Å². The van der Waals surface area contributed by atoms with Crippen LogP contribution in [0.2, 0.25) is 20.1 Å².